The molecule has 0 bridgehead atoms. The third kappa shape index (κ3) is 2.61. The second-order valence-corrected chi connectivity index (χ2v) is 6.18. The van der Waals surface area contributed by atoms with Crippen LogP contribution in [0.3, 0.4) is 0 Å². The first-order valence-corrected chi connectivity index (χ1v) is 6.89. The van der Waals surface area contributed by atoms with Gasteiger partial charge in [0.25, 0.3) is 0 Å². The second kappa shape index (κ2) is 4.80. The zero-order valence-corrected chi connectivity index (χ0v) is 10.6. The lowest BCUT2D eigenvalue weighted by Gasteiger charge is -2.29. The number of hydrogen-bond acceptors (Lipinski definition) is 3. The normalized spacial score (nSPS) is 39.5. The van der Waals surface area contributed by atoms with Gasteiger partial charge in [0, 0.05) is 5.75 Å². The zero-order valence-electron chi connectivity index (χ0n) is 9.77. The summed E-state index contributed by atoms with van der Waals surface area (Å²) in [6.07, 6.45) is 4.63. The minimum absolute atomic E-state index is 0.326. The molecule has 0 aromatic heterocycles. The maximum Gasteiger partial charge on any atom is 0.321 e. The predicted octanol–water partition coefficient (Wildman–Crippen LogP) is 2.09. The van der Waals surface area contributed by atoms with Crippen molar-refractivity contribution in [1.82, 2.24) is 5.32 Å². The molecule has 2 aliphatic rings. The van der Waals surface area contributed by atoms with Crippen molar-refractivity contribution >= 4 is 17.7 Å². The van der Waals surface area contributed by atoms with Crippen molar-refractivity contribution in [1.29, 1.82) is 0 Å². The van der Waals surface area contributed by atoms with E-state index in [1.54, 1.807) is 11.8 Å². The van der Waals surface area contributed by atoms with Gasteiger partial charge in [0.1, 0.15) is 6.04 Å². The molecule has 2 N–H and O–H groups in total. The van der Waals surface area contributed by atoms with E-state index >= 15 is 0 Å². The van der Waals surface area contributed by atoms with E-state index in [1.807, 2.05) is 0 Å². The molecule has 1 aliphatic carbocycles. The molecule has 3 nitrogen and oxygen atoms in total. The Morgan fingerprint density at radius 3 is 2.94 bits per heavy atom. The fourth-order valence-corrected chi connectivity index (χ4v) is 4.11. The van der Waals surface area contributed by atoms with Crippen LogP contribution in [0.25, 0.3) is 0 Å². The summed E-state index contributed by atoms with van der Waals surface area (Å²) in [5, 5.41) is 12.5. The highest BCUT2D eigenvalue weighted by Crippen LogP contribution is 2.36. The molecule has 0 saturated carbocycles. The van der Waals surface area contributed by atoms with Gasteiger partial charge in [-0.3, -0.25) is 10.1 Å². The average molecular weight is 241 g/mol. The first-order valence-electron chi connectivity index (χ1n) is 5.84. The summed E-state index contributed by atoms with van der Waals surface area (Å²) in [5.41, 5.74) is 1.45. The summed E-state index contributed by atoms with van der Waals surface area (Å²) >= 11 is 1.77. The number of thioether (sulfide) groups is 1. The molecular weight excluding hydrogens is 222 g/mol. The summed E-state index contributed by atoms with van der Waals surface area (Å²) in [6, 6.07) is -0.350. The Balaban J connectivity index is 1.95. The molecule has 4 heteroatoms. The van der Waals surface area contributed by atoms with Crippen molar-refractivity contribution in [3.8, 4) is 0 Å². The number of allylic oxidation sites excluding steroid dienone is 2. The minimum atomic E-state index is -0.717. The number of aliphatic carboxylic acids is 1. The molecule has 0 aromatic carbocycles. The molecule has 1 heterocycles. The van der Waals surface area contributed by atoms with Crippen molar-refractivity contribution in [2.75, 3.05) is 5.75 Å². The quantitative estimate of drug-likeness (QED) is 0.727. The molecule has 1 saturated heterocycles. The fourth-order valence-electron chi connectivity index (χ4n) is 2.74. The number of hydrogen-bond donors (Lipinski definition) is 2. The minimum Gasteiger partial charge on any atom is -0.480 e. The van der Waals surface area contributed by atoms with Gasteiger partial charge in [-0.15, -0.1) is 11.8 Å². The topological polar surface area (TPSA) is 49.3 Å². The van der Waals surface area contributed by atoms with Gasteiger partial charge in [0.2, 0.25) is 0 Å². The van der Waals surface area contributed by atoms with Gasteiger partial charge in [-0.25, -0.2) is 0 Å². The highest BCUT2D eigenvalue weighted by atomic mass is 32.2. The Hall–Kier alpha value is -0.480. The summed E-state index contributed by atoms with van der Waals surface area (Å²) < 4.78 is 0. The first-order chi connectivity index (χ1) is 7.56. The molecule has 4 atom stereocenters. The zero-order chi connectivity index (χ0) is 11.7. The summed E-state index contributed by atoms with van der Waals surface area (Å²) in [4.78, 5) is 10.9. The molecule has 1 aliphatic heterocycles. The Bertz CT molecular complexity index is 316. The molecule has 0 amide bonds. The average Bonchev–Trinajstić information content (AvgIpc) is 2.64. The largest absolute Gasteiger partial charge is 0.480 e. The van der Waals surface area contributed by atoms with E-state index in [0.29, 0.717) is 23.0 Å². The van der Waals surface area contributed by atoms with Crippen molar-refractivity contribution in [3.05, 3.63) is 11.6 Å². The Labute approximate surface area is 101 Å². The fraction of sp³-hybridized carbons (Fsp3) is 0.750. The number of nitrogens with one attached hydrogen (secondary N) is 1. The SMILES string of the molecule is CC1=CC(C)CC(C2NC(C(=O)O)CS2)C1. The van der Waals surface area contributed by atoms with E-state index in [0.717, 1.165) is 6.42 Å². The van der Waals surface area contributed by atoms with Crippen LogP contribution >= 0.6 is 11.8 Å². The van der Waals surface area contributed by atoms with Gasteiger partial charge in [0.05, 0.1) is 5.37 Å². The summed E-state index contributed by atoms with van der Waals surface area (Å²) in [6.45, 7) is 4.42. The van der Waals surface area contributed by atoms with Crippen LogP contribution in [-0.4, -0.2) is 28.2 Å². The molecule has 0 spiro atoms. The van der Waals surface area contributed by atoms with E-state index < -0.39 is 5.97 Å². The number of carboxylic acid groups (broad SMARTS) is 1. The van der Waals surface area contributed by atoms with E-state index in [9.17, 15) is 4.79 Å². The lowest BCUT2D eigenvalue weighted by molar-refractivity contribution is -0.138. The molecule has 0 radical (unpaired) electrons. The lowest BCUT2D eigenvalue weighted by Crippen LogP contribution is -2.40. The monoisotopic (exact) mass is 241 g/mol. The number of carboxylic acids is 1. The van der Waals surface area contributed by atoms with Crippen LogP contribution in [0.2, 0.25) is 0 Å². The third-order valence-corrected chi connectivity index (χ3v) is 4.77. The number of carbonyl (C=O) groups is 1. The van der Waals surface area contributed by atoms with Gasteiger partial charge in [-0.05, 0) is 31.6 Å². The molecule has 1 fully saturated rings. The van der Waals surface area contributed by atoms with Crippen molar-refractivity contribution in [3.63, 3.8) is 0 Å². The molecule has 0 aromatic rings. The smallest absolute Gasteiger partial charge is 0.321 e. The Morgan fingerprint density at radius 1 is 1.62 bits per heavy atom. The Kier molecular flexibility index (Phi) is 3.60. The summed E-state index contributed by atoms with van der Waals surface area (Å²) in [5.74, 6) is 1.21. The molecule has 2 rings (SSSR count). The first kappa shape index (κ1) is 12.0. The van der Waals surface area contributed by atoms with E-state index in [2.05, 4.69) is 25.2 Å². The van der Waals surface area contributed by atoms with Gasteiger partial charge in [-0.1, -0.05) is 18.6 Å². The van der Waals surface area contributed by atoms with Crippen LogP contribution in [0, 0.1) is 11.8 Å². The number of rotatable bonds is 2. The van der Waals surface area contributed by atoms with Crippen LogP contribution in [-0.2, 0) is 4.79 Å². The van der Waals surface area contributed by atoms with Gasteiger partial charge in [0.15, 0.2) is 0 Å². The van der Waals surface area contributed by atoms with E-state index in [-0.39, 0.29) is 6.04 Å². The van der Waals surface area contributed by atoms with Crippen molar-refractivity contribution in [2.24, 2.45) is 11.8 Å². The van der Waals surface area contributed by atoms with Crippen LogP contribution in [0.1, 0.15) is 26.7 Å². The maximum absolute atomic E-state index is 10.9. The molecule has 16 heavy (non-hydrogen) atoms. The van der Waals surface area contributed by atoms with E-state index in [4.69, 9.17) is 5.11 Å². The van der Waals surface area contributed by atoms with Crippen LogP contribution in [0.15, 0.2) is 11.6 Å². The third-order valence-electron chi connectivity index (χ3n) is 3.36. The van der Waals surface area contributed by atoms with Gasteiger partial charge in [-0.2, -0.15) is 0 Å². The predicted molar refractivity (Wildman–Crippen MR) is 66.5 cm³/mol. The molecule has 90 valence electrons. The summed E-state index contributed by atoms with van der Waals surface area (Å²) in [7, 11) is 0. The molecule has 4 unspecified atom stereocenters. The van der Waals surface area contributed by atoms with Crippen LogP contribution in [0.4, 0.5) is 0 Å². The van der Waals surface area contributed by atoms with Gasteiger partial charge < -0.3 is 5.11 Å². The maximum atomic E-state index is 10.9. The second-order valence-electron chi connectivity index (χ2n) is 5.00. The van der Waals surface area contributed by atoms with Crippen molar-refractivity contribution < 1.29 is 9.90 Å². The van der Waals surface area contributed by atoms with E-state index in [1.165, 1.54) is 12.0 Å². The highest BCUT2D eigenvalue weighted by Gasteiger charge is 2.35. The molecular formula is C12H19NO2S. The van der Waals surface area contributed by atoms with Crippen molar-refractivity contribution in [2.45, 2.75) is 38.1 Å². The highest BCUT2D eigenvalue weighted by molar-refractivity contribution is 8.00. The van der Waals surface area contributed by atoms with Crippen LogP contribution in [0.5, 0.6) is 0 Å². The van der Waals surface area contributed by atoms with Crippen LogP contribution < -0.4 is 5.32 Å². The standard InChI is InChI=1S/C12H19NO2S/c1-7-3-8(2)5-9(4-7)11-13-10(6-16-11)12(14)15/h3,7,9-11,13H,4-6H2,1-2H3,(H,14,15). The lowest BCUT2D eigenvalue weighted by atomic mass is 9.83. The Morgan fingerprint density at radius 2 is 2.38 bits per heavy atom. The van der Waals surface area contributed by atoms with Gasteiger partial charge >= 0.3 is 5.97 Å².